The largest absolute Gasteiger partial charge is 0.380 e. The highest BCUT2D eigenvalue weighted by Crippen LogP contribution is 2.19. The standard InChI is InChI=1S/C12H19N3O/c1-9(2)11-6-14-12(7-13-11)15-5-4-10(8-15)16-3/h6-7,9-10H,4-5,8H2,1-3H3. The normalized spacial score (nSPS) is 20.8. The molecule has 0 aromatic carbocycles. The second-order valence-corrected chi connectivity index (χ2v) is 4.55. The molecule has 1 fully saturated rings. The van der Waals surface area contributed by atoms with Crippen LogP contribution in [0.2, 0.25) is 0 Å². The van der Waals surface area contributed by atoms with Crippen LogP contribution in [0.5, 0.6) is 0 Å². The van der Waals surface area contributed by atoms with Crippen LogP contribution >= 0.6 is 0 Å². The number of aromatic nitrogens is 2. The molecule has 0 bridgehead atoms. The Morgan fingerprint density at radius 2 is 2.19 bits per heavy atom. The van der Waals surface area contributed by atoms with Gasteiger partial charge in [-0.2, -0.15) is 0 Å². The summed E-state index contributed by atoms with van der Waals surface area (Å²) in [4.78, 5) is 11.1. The number of methoxy groups -OCH3 is 1. The van der Waals surface area contributed by atoms with Crippen molar-refractivity contribution in [3.8, 4) is 0 Å². The van der Waals surface area contributed by atoms with Crippen molar-refractivity contribution < 1.29 is 4.74 Å². The van der Waals surface area contributed by atoms with Crippen LogP contribution in [0.4, 0.5) is 5.82 Å². The number of hydrogen-bond donors (Lipinski definition) is 0. The predicted octanol–water partition coefficient (Wildman–Crippen LogP) is 1.83. The van der Waals surface area contributed by atoms with Gasteiger partial charge < -0.3 is 9.64 Å². The number of nitrogens with zero attached hydrogens (tertiary/aromatic N) is 3. The van der Waals surface area contributed by atoms with Crippen LogP contribution in [0.15, 0.2) is 12.4 Å². The zero-order chi connectivity index (χ0) is 11.5. The van der Waals surface area contributed by atoms with Crippen molar-refractivity contribution in [1.82, 2.24) is 9.97 Å². The molecule has 1 aliphatic rings. The van der Waals surface area contributed by atoms with Crippen LogP contribution < -0.4 is 4.90 Å². The Balaban J connectivity index is 2.05. The first-order valence-electron chi connectivity index (χ1n) is 5.80. The molecule has 1 aromatic rings. The quantitative estimate of drug-likeness (QED) is 0.780. The molecule has 2 rings (SSSR count). The van der Waals surface area contributed by atoms with Crippen LogP contribution in [0.25, 0.3) is 0 Å². The minimum atomic E-state index is 0.339. The summed E-state index contributed by atoms with van der Waals surface area (Å²) in [6.07, 6.45) is 5.16. The van der Waals surface area contributed by atoms with Gasteiger partial charge in [0.25, 0.3) is 0 Å². The summed E-state index contributed by atoms with van der Waals surface area (Å²) in [5, 5.41) is 0. The number of rotatable bonds is 3. The molecule has 1 aliphatic heterocycles. The molecule has 16 heavy (non-hydrogen) atoms. The molecule has 0 amide bonds. The van der Waals surface area contributed by atoms with E-state index >= 15 is 0 Å². The maximum absolute atomic E-state index is 5.33. The van der Waals surface area contributed by atoms with Gasteiger partial charge >= 0.3 is 0 Å². The molecular weight excluding hydrogens is 202 g/mol. The second kappa shape index (κ2) is 4.78. The summed E-state index contributed by atoms with van der Waals surface area (Å²) in [6, 6.07) is 0. The third-order valence-electron chi connectivity index (χ3n) is 3.05. The van der Waals surface area contributed by atoms with E-state index in [9.17, 15) is 0 Å². The maximum atomic E-state index is 5.33. The van der Waals surface area contributed by atoms with E-state index in [1.807, 2.05) is 12.4 Å². The third kappa shape index (κ3) is 2.32. The molecular formula is C12H19N3O. The molecule has 0 saturated carbocycles. The van der Waals surface area contributed by atoms with Crippen molar-refractivity contribution in [3.05, 3.63) is 18.1 Å². The zero-order valence-electron chi connectivity index (χ0n) is 10.2. The Bertz CT molecular complexity index is 337. The van der Waals surface area contributed by atoms with E-state index in [-0.39, 0.29) is 0 Å². The molecule has 2 heterocycles. The van der Waals surface area contributed by atoms with Crippen molar-refractivity contribution in [2.24, 2.45) is 0 Å². The molecule has 0 radical (unpaired) electrons. The van der Waals surface area contributed by atoms with Crippen molar-refractivity contribution >= 4 is 5.82 Å². The smallest absolute Gasteiger partial charge is 0.147 e. The Morgan fingerprint density at radius 3 is 2.69 bits per heavy atom. The van der Waals surface area contributed by atoms with Gasteiger partial charge in [-0.25, -0.2) is 4.98 Å². The number of anilines is 1. The molecule has 0 spiro atoms. The van der Waals surface area contributed by atoms with Gasteiger partial charge in [0.15, 0.2) is 0 Å². The fraction of sp³-hybridized carbons (Fsp3) is 0.667. The molecule has 1 atom stereocenters. The van der Waals surface area contributed by atoms with Gasteiger partial charge in [-0.3, -0.25) is 4.98 Å². The summed E-state index contributed by atoms with van der Waals surface area (Å²) in [6.45, 7) is 6.18. The van der Waals surface area contributed by atoms with Gasteiger partial charge in [-0.15, -0.1) is 0 Å². The highest BCUT2D eigenvalue weighted by molar-refractivity contribution is 5.37. The van der Waals surface area contributed by atoms with Gasteiger partial charge in [-0.05, 0) is 12.3 Å². The molecule has 4 nitrogen and oxygen atoms in total. The SMILES string of the molecule is COC1CCN(c2cnc(C(C)C)cn2)C1. The lowest BCUT2D eigenvalue weighted by Crippen LogP contribution is -2.23. The summed E-state index contributed by atoms with van der Waals surface area (Å²) in [5.41, 5.74) is 1.05. The molecule has 0 aliphatic carbocycles. The minimum Gasteiger partial charge on any atom is -0.380 e. The van der Waals surface area contributed by atoms with E-state index in [4.69, 9.17) is 4.74 Å². The lowest BCUT2D eigenvalue weighted by Gasteiger charge is -2.17. The Morgan fingerprint density at radius 1 is 1.38 bits per heavy atom. The first kappa shape index (κ1) is 11.3. The summed E-state index contributed by atoms with van der Waals surface area (Å²) < 4.78 is 5.33. The Kier molecular flexibility index (Phi) is 3.39. The molecule has 0 N–H and O–H groups in total. The monoisotopic (exact) mass is 221 g/mol. The number of hydrogen-bond acceptors (Lipinski definition) is 4. The Hall–Kier alpha value is -1.16. The van der Waals surface area contributed by atoms with Crippen LogP contribution in [-0.4, -0.2) is 36.3 Å². The highest BCUT2D eigenvalue weighted by Gasteiger charge is 2.23. The van der Waals surface area contributed by atoms with Crippen LogP contribution in [0.3, 0.4) is 0 Å². The lowest BCUT2D eigenvalue weighted by molar-refractivity contribution is 0.121. The van der Waals surface area contributed by atoms with Gasteiger partial charge in [0.2, 0.25) is 0 Å². The van der Waals surface area contributed by atoms with E-state index in [2.05, 4.69) is 28.7 Å². The molecule has 88 valence electrons. The van der Waals surface area contributed by atoms with Crippen molar-refractivity contribution in [2.75, 3.05) is 25.1 Å². The highest BCUT2D eigenvalue weighted by atomic mass is 16.5. The van der Waals surface area contributed by atoms with E-state index in [0.717, 1.165) is 31.0 Å². The lowest BCUT2D eigenvalue weighted by atomic mass is 10.1. The molecule has 1 aromatic heterocycles. The van der Waals surface area contributed by atoms with Crippen LogP contribution in [0.1, 0.15) is 31.9 Å². The zero-order valence-corrected chi connectivity index (χ0v) is 10.2. The Labute approximate surface area is 96.7 Å². The summed E-state index contributed by atoms with van der Waals surface area (Å²) in [7, 11) is 1.77. The van der Waals surface area contributed by atoms with Gasteiger partial charge in [-0.1, -0.05) is 13.8 Å². The first-order valence-corrected chi connectivity index (χ1v) is 5.80. The minimum absolute atomic E-state index is 0.339. The fourth-order valence-corrected chi connectivity index (χ4v) is 1.92. The predicted molar refractivity (Wildman–Crippen MR) is 63.7 cm³/mol. The van der Waals surface area contributed by atoms with Gasteiger partial charge in [0.05, 0.1) is 24.2 Å². The van der Waals surface area contributed by atoms with E-state index < -0.39 is 0 Å². The van der Waals surface area contributed by atoms with Gasteiger partial charge in [0, 0.05) is 20.2 Å². The number of ether oxygens (including phenoxy) is 1. The van der Waals surface area contributed by atoms with E-state index in [1.54, 1.807) is 7.11 Å². The second-order valence-electron chi connectivity index (χ2n) is 4.55. The van der Waals surface area contributed by atoms with Crippen LogP contribution in [-0.2, 0) is 4.74 Å². The molecule has 1 unspecified atom stereocenters. The maximum Gasteiger partial charge on any atom is 0.147 e. The fourth-order valence-electron chi connectivity index (χ4n) is 1.92. The van der Waals surface area contributed by atoms with Crippen molar-refractivity contribution in [2.45, 2.75) is 32.3 Å². The van der Waals surface area contributed by atoms with E-state index in [0.29, 0.717) is 12.0 Å². The average molecular weight is 221 g/mol. The first-order chi connectivity index (χ1) is 7.70. The average Bonchev–Trinajstić information content (AvgIpc) is 2.77. The van der Waals surface area contributed by atoms with Crippen molar-refractivity contribution in [1.29, 1.82) is 0 Å². The van der Waals surface area contributed by atoms with Gasteiger partial charge in [0.1, 0.15) is 5.82 Å². The molecule has 1 saturated heterocycles. The third-order valence-corrected chi connectivity index (χ3v) is 3.05. The van der Waals surface area contributed by atoms with Crippen molar-refractivity contribution in [3.63, 3.8) is 0 Å². The van der Waals surface area contributed by atoms with Crippen LogP contribution in [0, 0.1) is 0 Å². The molecule has 4 heteroatoms. The topological polar surface area (TPSA) is 38.2 Å². The summed E-state index contributed by atoms with van der Waals surface area (Å²) in [5.74, 6) is 1.40. The summed E-state index contributed by atoms with van der Waals surface area (Å²) >= 11 is 0. The van der Waals surface area contributed by atoms with E-state index in [1.165, 1.54) is 0 Å².